The predicted molar refractivity (Wildman–Crippen MR) is 51.1 cm³/mol. The Morgan fingerprint density at radius 2 is 2.00 bits per heavy atom. The normalized spacial score (nSPS) is 28.2. The molecule has 0 saturated carbocycles. The Balaban J connectivity index is 2.18. The van der Waals surface area contributed by atoms with E-state index in [1.807, 2.05) is 0 Å². The minimum atomic E-state index is 0.612. The van der Waals surface area contributed by atoms with Gasteiger partial charge < -0.3 is 5.32 Å². The molecule has 0 amide bonds. The largest absolute Gasteiger partial charge is 0.307 e. The average molecular weight is 161 g/mol. The van der Waals surface area contributed by atoms with Crippen LogP contribution in [0.25, 0.3) is 0 Å². The predicted octanol–water partition coefficient (Wildman–Crippen LogP) is 2.42. The van der Waals surface area contributed by atoms with Gasteiger partial charge in [0.1, 0.15) is 0 Å². The van der Waals surface area contributed by atoms with E-state index in [2.05, 4.69) is 43.4 Å². The van der Waals surface area contributed by atoms with Crippen LogP contribution in [0.3, 0.4) is 0 Å². The molecule has 2 unspecified atom stereocenters. The second kappa shape index (κ2) is 2.91. The summed E-state index contributed by atoms with van der Waals surface area (Å²) in [7, 11) is 0. The highest BCUT2D eigenvalue weighted by molar-refractivity contribution is 5.30. The lowest BCUT2D eigenvalue weighted by Gasteiger charge is -2.36. The average Bonchev–Trinajstić information content (AvgIpc) is 2.01. The van der Waals surface area contributed by atoms with E-state index < -0.39 is 0 Å². The van der Waals surface area contributed by atoms with Crippen LogP contribution >= 0.6 is 0 Å². The quantitative estimate of drug-likeness (QED) is 0.667. The van der Waals surface area contributed by atoms with Gasteiger partial charge in [-0.05, 0) is 31.4 Å². The molecule has 12 heavy (non-hydrogen) atoms. The molecule has 1 saturated heterocycles. The highest BCUT2D eigenvalue weighted by Crippen LogP contribution is 2.29. The highest BCUT2D eigenvalue weighted by atomic mass is 15.0. The molecule has 0 radical (unpaired) electrons. The SMILES string of the molecule is Cc1ccccc1C1CC(C)N1. The smallest absolute Gasteiger partial charge is 0.0339 e. The summed E-state index contributed by atoms with van der Waals surface area (Å²) in [5, 5.41) is 3.50. The van der Waals surface area contributed by atoms with Crippen molar-refractivity contribution >= 4 is 0 Å². The van der Waals surface area contributed by atoms with Gasteiger partial charge in [0, 0.05) is 12.1 Å². The van der Waals surface area contributed by atoms with Crippen LogP contribution in [0, 0.1) is 6.92 Å². The van der Waals surface area contributed by atoms with Crippen molar-refractivity contribution in [2.24, 2.45) is 0 Å². The van der Waals surface area contributed by atoms with Gasteiger partial charge in [0.2, 0.25) is 0 Å². The van der Waals surface area contributed by atoms with Crippen LogP contribution in [0.15, 0.2) is 24.3 Å². The van der Waals surface area contributed by atoms with E-state index in [9.17, 15) is 0 Å². The standard InChI is InChI=1S/C11H15N/c1-8-5-3-4-6-10(8)11-7-9(2)12-11/h3-6,9,11-12H,7H2,1-2H3. The Labute approximate surface area is 73.8 Å². The molecule has 0 aliphatic carbocycles. The molecule has 1 heterocycles. The first kappa shape index (κ1) is 7.81. The molecule has 1 aliphatic heterocycles. The lowest BCUT2D eigenvalue weighted by molar-refractivity contribution is 0.287. The summed E-state index contributed by atoms with van der Waals surface area (Å²) in [6, 6.07) is 9.93. The molecule has 1 aromatic rings. The van der Waals surface area contributed by atoms with Gasteiger partial charge in [-0.15, -0.1) is 0 Å². The summed E-state index contributed by atoms with van der Waals surface area (Å²) in [4.78, 5) is 0. The maximum Gasteiger partial charge on any atom is 0.0339 e. The Hall–Kier alpha value is -0.820. The van der Waals surface area contributed by atoms with E-state index in [-0.39, 0.29) is 0 Å². The lowest BCUT2D eigenvalue weighted by Crippen LogP contribution is -2.43. The molecule has 1 aromatic carbocycles. The summed E-state index contributed by atoms with van der Waals surface area (Å²) in [6.45, 7) is 4.41. The maximum atomic E-state index is 3.50. The van der Waals surface area contributed by atoms with Gasteiger partial charge in [-0.2, -0.15) is 0 Å². The molecule has 0 spiro atoms. The Morgan fingerprint density at radius 3 is 2.58 bits per heavy atom. The zero-order valence-electron chi connectivity index (χ0n) is 7.67. The van der Waals surface area contributed by atoms with Crippen LogP contribution in [0.4, 0.5) is 0 Å². The van der Waals surface area contributed by atoms with Gasteiger partial charge in [-0.1, -0.05) is 24.3 Å². The monoisotopic (exact) mass is 161 g/mol. The Kier molecular flexibility index (Phi) is 1.89. The molecule has 2 atom stereocenters. The number of hydrogen-bond acceptors (Lipinski definition) is 1. The first-order valence-corrected chi connectivity index (χ1v) is 4.59. The summed E-state index contributed by atoms with van der Waals surface area (Å²) in [5.41, 5.74) is 2.87. The highest BCUT2D eigenvalue weighted by Gasteiger charge is 2.26. The van der Waals surface area contributed by atoms with Gasteiger partial charge in [-0.25, -0.2) is 0 Å². The number of aryl methyl sites for hydroxylation is 1. The molecular formula is C11H15N. The van der Waals surface area contributed by atoms with Crippen LogP contribution in [-0.2, 0) is 0 Å². The summed E-state index contributed by atoms with van der Waals surface area (Å²) < 4.78 is 0. The molecule has 1 N–H and O–H groups in total. The molecule has 1 nitrogen and oxygen atoms in total. The van der Waals surface area contributed by atoms with Crippen LogP contribution in [-0.4, -0.2) is 6.04 Å². The fourth-order valence-electron chi connectivity index (χ4n) is 1.87. The van der Waals surface area contributed by atoms with Crippen molar-refractivity contribution in [3.63, 3.8) is 0 Å². The first-order valence-electron chi connectivity index (χ1n) is 4.59. The van der Waals surface area contributed by atoms with Crippen molar-refractivity contribution < 1.29 is 0 Å². The van der Waals surface area contributed by atoms with E-state index in [1.165, 1.54) is 17.5 Å². The maximum absolute atomic E-state index is 3.50. The molecule has 1 aliphatic rings. The summed E-state index contributed by atoms with van der Waals surface area (Å²) in [5.74, 6) is 0. The van der Waals surface area contributed by atoms with Gasteiger partial charge >= 0.3 is 0 Å². The van der Waals surface area contributed by atoms with Crippen LogP contribution in [0.2, 0.25) is 0 Å². The zero-order valence-corrected chi connectivity index (χ0v) is 7.67. The van der Waals surface area contributed by atoms with E-state index in [0.29, 0.717) is 12.1 Å². The third-order valence-corrected chi connectivity index (χ3v) is 2.64. The minimum Gasteiger partial charge on any atom is -0.307 e. The second-order valence-corrected chi connectivity index (χ2v) is 3.71. The van der Waals surface area contributed by atoms with Crippen LogP contribution < -0.4 is 5.32 Å². The Bertz CT molecular complexity index is 274. The molecule has 1 fully saturated rings. The molecule has 0 bridgehead atoms. The second-order valence-electron chi connectivity index (χ2n) is 3.71. The number of rotatable bonds is 1. The van der Waals surface area contributed by atoms with E-state index >= 15 is 0 Å². The fraction of sp³-hybridized carbons (Fsp3) is 0.455. The Morgan fingerprint density at radius 1 is 1.33 bits per heavy atom. The van der Waals surface area contributed by atoms with Gasteiger partial charge in [0.05, 0.1) is 0 Å². The molecule has 1 heteroatoms. The van der Waals surface area contributed by atoms with Crippen LogP contribution in [0.5, 0.6) is 0 Å². The topological polar surface area (TPSA) is 12.0 Å². The van der Waals surface area contributed by atoms with E-state index in [0.717, 1.165) is 0 Å². The third-order valence-electron chi connectivity index (χ3n) is 2.64. The first-order chi connectivity index (χ1) is 5.77. The van der Waals surface area contributed by atoms with E-state index in [4.69, 9.17) is 0 Å². The molecular weight excluding hydrogens is 146 g/mol. The number of benzene rings is 1. The lowest BCUT2D eigenvalue weighted by atomic mass is 9.89. The minimum absolute atomic E-state index is 0.612. The van der Waals surface area contributed by atoms with Crippen molar-refractivity contribution in [2.75, 3.05) is 0 Å². The molecule has 64 valence electrons. The fourth-order valence-corrected chi connectivity index (χ4v) is 1.87. The van der Waals surface area contributed by atoms with Crippen molar-refractivity contribution in [2.45, 2.75) is 32.4 Å². The van der Waals surface area contributed by atoms with E-state index in [1.54, 1.807) is 0 Å². The third kappa shape index (κ3) is 1.25. The number of hydrogen-bond donors (Lipinski definition) is 1. The van der Waals surface area contributed by atoms with Crippen molar-refractivity contribution in [1.82, 2.24) is 5.32 Å². The van der Waals surface area contributed by atoms with Gasteiger partial charge in [0.15, 0.2) is 0 Å². The van der Waals surface area contributed by atoms with Gasteiger partial charge in [0.25, 0.3) is 0 Å². The van der Waals surface area contributed by atoms with Gasteiger partial charge in [-0.3, -0.25) is 0 Å². The molecule has 2 rings (SSSR count). The van der Waals surface area contributed by atoms with Crippen molar-refractivity contribution in [3.05, 3.63) is 35.4 Å². The van der Waals surface area contributed by atoms with Crippen molar-refractivity contribution in [3.8, 4) is 0 Å². The summed E-state index contributed by atoms with van der Waals surface area (Å²) >= 11 is 0. The van der Waals surface area contributed by atoms with Crippen LogP contribution in [0.1, 0.15) is 30.5 Å². The number of nitrogens with one attached hydrogen (secondary N) is 1. The molecule has 0 aromatic heterocycles. The summed E-state index contributed by atoms with van der Waals surface area (Å²) in [6.07, 6.45) is 1.28. The zero-order chi connectivity index (χ0) is 8.55. The van der Waals surface area contributed by atoms with Crippen molar-refractivity contribution in [1.29, 1.82) is 0 Å².